The lowest BCUT2D eigenvalue weighted by molar-refractivity contribution is -0.132. The Hall–Kier alpha value is -4.55. The minimum Gasteiger partial charge on any atom is -0.507 e. The van der Waals surface area contributed by atoms with Crippen LogP contribution in [-0.2, 0) is 9.59 Å². The Morgan fingerprint density at radius 2 is 1.64 bits per heavy atom. The van der Waals surface area contributed by atoms with Gasteiger partial charge in [-0.3, -0.25) is 14.5 Å². The number of hydrogen-bond donors (Lipinski definition) is 2. The number of Topliss-reactive ketones (excluding diaryl/α,β-unsaturated/α-hetero) is 1. The van der Waals surface area contributed by atoms with Crippen LogP contribution in [-0.4, -0.2) is 23.4 Å². The highest BCUT2D eigenvalue weighted by molar-refractivity contribution is 6.52. The van der Waals surface area contributed by atoms with E-state index in [1.807, 2.05) is 80.6 Å². The number of anilines is 3. The minimum atomic E-state index is -0.857. The Morgan fingerprint density at radius 1 is 0.923 bits per heavy atom. The normalized spacial score (nSPS) is 16.4. The third-order valence-corrected chi connectivity index (χ3v) is 6.84. The molecule has 1 amide bonds. The first-order chi connectivity index (χ1) is 18.9. The summed E-state index contributed by atoms with van der Waals surface area (Å²) in [6.45, 7) is 4.20. The second-order valence-corrected chi connectivity index (χ2v) is 9.60. The summed E-state index contributed by atoms with van der Waals surface area (Å²) in [6, 6.07) is 28.5. The van der Waals surface area contributed by atoms with Crippen molar-refractivity contribution in [1.29, 1.82) is 0 Å². The van der Waals surface area contributed by atoms with Gasteiger partial charge in [0.2, 0.25) is 0 Å². The van der Waals surface area contributed by atoms with E-state index in [4.69, 9.17) is 16.3 Å². The summed E-state index contributed by atoms with van der Waals surface area (Å²) in [5, 5.41) is 15.0. The largest absolute Gasteiger partial charge is 0.507 e. The standard InChI is InChI=1S/C32H27ClN2O4/c1-3-39-25-16-17-27(33)26(19-25)30(36)28-29(21-9-7-8-20(2)18-21)35(32(38)31(28)37)24-14-12-23(13-15-24)34-22-10-5-4-6-11-22/h4-19,29,34,36H,3H2,1-2H3/b30-28+. The summed E-state index contributed by atoms with van der Waals surface area (Å²) < 4.78 is 5.57. The van der Waals surface area contributed by atoms with Crippen LogP contribution in [0.3, 0.4) is 0 Å². The Labute approximate surface area is 232 Å². The molecule has 5 rings (SSSR count). The van der Waals surface area contributed by atoms with Crippen molar-refractivity contribution in [3.8, 4) is 5.75 Å². The Morgan fingerprint density at radius 3 is 2.33 bits per heavy atom. The SMILES string of the molecule is CCOc1ccc(Cl)c(/C(O)=C2\C(=O)C(=O)N(c3ccc(Nc4ccccc4)cc3)C2c2cccc(C)c2)c1. The third-order valence-electron chi connectivity index (χ3n) is 6.51. The molecule has 0 aliphatic carbocycles. The van der Waals surface area contributed by atoms with E-state index in [-0.39, 0.29) is 21.9 Å². The molecule has 1 aliphatic heterocycles. The fourth-order valence-corrected chi connectivity index (χ4v) is 4.94. The molecule has 0 spiro atoms. The first kappa shape index (κ1) is 26.1. The first-order valence-corrected chi connectivity index (χ1v) is 13.0. The molecule has 0 bridgehead atoms. The fraction of sp³-hybridized carbons (Fsp3) is 0.125. The number of benzene rings is 4. The van der Waals surface area contributed by atoms with Gasteiger partial charge in [-0.25, -0.2) is 0 Å². The van der Waals surface area contributed by atoms with Gasteiger partial charge < -0.3 is 15.2 Å². The number of hydrogen-bond acceptors (Lipinski definition) is 5. The average molecular weight is 539 g/mol. The monoisotopic (exact) mass is 538 g/mol. The number of halogens is 1. The lowest BCUT2D eigenvalue weighted by atomic mass is 9.94. The second-order valence-electron chi connectivity index (χ2n) is 9.20. The summed E-state index contributed by atoms with van der Waals surface area (Å²) in [5.74, 6) is -1.38. The number of ether oxygens (including phenoxy) is 1. The van der Waals surface area contributed by atoms with Gasteiger partial charge in [-0.2, -0.15) is 0 Å². The highest BCUT2D eigenvalue weighted by Gasteiger charge is 2.47. The first-order valence-electron chi connectivity index (χ1n) is 12.6. The molecule has 6 nitrogen and oxygen atoms in total. The molecule has 0 radical (unpaired) electrons. The molecule has 39 heavy (non-hydrogen) atoms. The van der Waals surface area contributed by atoms with E-state index in [0.29, 0.717) is 23.6 Å². The highest BCUT2D eigenvalue weighted by atomic mass is 35.5. The molecule has 1 atom stereocenters. The molecular formula is C32H27ClN2O4. The molecule has 4 aromatic carbocycles. The summed E-state index contributed by atoms with van der Waals surface area (Å²) in [4.78, 5) is 28.4. The van der Waals surface area contributed by atoms with Crippen molar-refractivity contribution in [3.63, 3.8) is 0 Å². The van der Waals surface area contributed by atoms with Gasteiger partial charge in [-0.05, 0) is 74.0 Å². The molecule has 2 N–H and O–H groups in total. The fourth-order valence-electron chi connectivity index (χ4n) is 4.74. The summed E-state index contributed by atoms with van der Waals surface area (Å²) in [6.07, 6.45) is 0. The molecule has 1 aliphatic rings. The van der Waals surface area contributed by atoms with Crippen LogP contribution >= 0.6 is 11.6 Å². The number of nitrogens with zero attached hydrogens (tertiary/aromatic N) is 1. The highest BCUT2D eigenvalue weighted by Crippen LogP contribution is 2.43. The van der Waals surface area contributed by atoms with Crippen LogP contribution < -0.4 is 15.0 Å². The van der Waals surface area contributed by atoms with E-state index >= 15 is 0 Å². The van der Waals surface area contributed by atoms with Gasteiger partial charge in [-0.15, -0.1) is 0 Å². The number of aryl methyl sites for hydroxylation is 1. The molecule has 7 heteroatoms. The van der Waals surface area contributed by atoms with E-state index in [1.165, 1.54) is 4.90 Å². The maximum Gasteiger partial charge on any atom is 0.300 e. The van der Waals surface area contributed by atoms with Gasteiger partial charge in [0.05, 0.1) is 23.2 Å². The van der Waals surface area contributed by atoms with Gasteiger partial charge in [0.25, 0.3) is 11.7 Å². The van der Waals surface area contributed by atoms with Crippen molar-refractivity contribution >= 4 is 46.1 Å². The van der Waals surface area contributed by atoms with E-state index in [1.54, 1.807) is 30.3 Å². The van der Waals surface area contributed by atoms with E-state index in [9.17, 15) is 14.7 Å². The maximum atomic E-state index is 13.5. The summed E-state index contributed by atoms with van der Waals surface area (Å²) in [5.41, 5.74) is 4.12. The maximum absolute atomic E-state index is 13.5. The predicted octanol–water partition coefficient (Wildman–Crippen LogP) is 7.42. The molecule has 1 saturated heterocycles. The Balaban J connectivity index is 1.61. The quantitative estimate of drug-likeness (QED) is 0.145. The minimum absolute atomic E-state index is 0.0346. The number of rotatable bonds is 7. The van der Waals surface area contributed by atoms with Gasteiger partial charge in [-0.1, -0.05) is 59.6 Å². The van der Waals surface area contributed by atoms with Crippen molar-refractivity contribution in [2.75, 3.05) is 16.8 Å². The number of nitrogens with one attached hydrogen (secondary N) is 1. The molecule has 1 fully saturated rings. The zero-order valence-corrected chi connectivity index (χ0v) is 22.3. The number of carbonyl (C=O) groups is 2. The van der Waals surface area contributed by atoms with Crippen molar-refractivity contribution in [2.45, 2.75) is 19.9 Å². The predicted molar refractivity (Wildman–Crippen MR) is 155 cm³/mol. The smallest absolute Gasteiger partial charge is 0.300 e. The molecule has 4 aromatic rings. The van der Waals surface area contributed by atoms with Crippen LogP contribution in [0.4, 0.5) is 17.1 Å². The van der Waals surface area contributed by atoms with Crippen molar-refractivity contribution in [2.24, 2.45) is 0 Å². The van der Waals surface area contributed by atoms with Crippen molar-refractivity contribution in [1.82, 2.24) is 0 Å². The number of carbonyl (C=O) groups excluding carboxylic acids is 2. The summed E-state index contributed by atoms with van der Waals surface area (Å²) in [7, 11) is 0. The van der Waals surface area contributed by atoms with Crippen LogP contribution in [0, 0.1) is 6.92 Å². The van der Waals surface area contributed by atoms with Crippen molar-refractivity contribution in [3.05, 3.63) is 124 Å². The second kappa shape index (κ2) is 11.1. The van der Waals surface area contributed by atoms with Crippen LogP contribution in [0.1, 0.15) is 29.7 Å². The zero-order valence-electron chi connectivity index (χ0n) is 21.5. The average Bonchev–Trinajstić information content (AvgIpc) is 3.20. The third kappa shape index (κ3) is 5.24. The van der Waals surface area contributed by atoms with Gasteiger partial charge >= 0.3 is 0 Å². The van der Waals surface area contributed by atoms with Gasteiger partial charge in [0, 0.05) is 22.6 Å². The van der Waals surface area contributed by atoms with Gasteiger partial charge in [0.1, 0.15) is 11.5 Å². The topological polar surface area (TPSA) is 78.9 Å². The zero-order chi connectivity index (χ0) is 27.5. The Bertz CT molecular complexity index is 1570. The van der Waals surface area contributed by atoms with Crippen molar-refractivity contribution < 1.29 is 19.4 Å². The molecule has 196 valence electrons. The van der Waals surface area contributed by atoms with Crippen LogP contribution in [0.15, 0.2) is 103 Å². The number of aliphatic hydroxyl groups is 1. The molecule has 0 saturated carbocycles. The number of aliphatic hydroxyl groups excluding tert-OH is 1. The lowest BCUT2D eigenvalue weighted by Crippen LogP contribution is -2.29. The molecule has 0 aromatic heterocycles. The van der Waals surface area contributed by atoms with Crippen LogP contribution in [0.25, 0.3) is 5.76 Å². The van der Waals surface area contributed by atoms with E-state index in [0.717, 1.165) is 16.9 Å². The van der Waals surface area contributed by atoms with E-state index in [2.05, 4.69) is 5.32 Å². The van der Waals surface area contributed by atoms with Crippen LogP contribution in [0.5, 0.6) is 5.75 Å². The molecular weight excluding hydrogens is 512 g/mol. The van der Waals surface area contributed by atoms with E-state index < -0.39 is 17.7 Å². The lowest BCUT2D eigenvalue weighted by Gasteiger charge is -2.26. The summed E-state index contributed by atoms with van der Waals surface area (Å²) >= 11 is 6.44. The van der Waals surface area contributed by atoms with Crippen LogP contribution in [0.2, 0.25) is 5.02 Å². The molecule has 1 unspecified atom stereocenters. The molecule has 1 heterocycles. The number of ketones is 1. The number of amides is 1. The van der Waals surface area contributed by atoms with Gasteiger partial charge in [0.15, 0.2) is 0 Å². The Kier molecular flexibility index (Phi) is 7.39. The number of para-hydroxylation sites is 1.